The standard InChI is InChI=1S/C18H20F3N3O3/c1-5-27-15-14(11(2)25)22-17(24(4)16(15)26)23(3)10-12-8-6-7-9-13(12)18(19,20)21/h6-9H,5,10H2,1-4H3. The molecule has 2 rings (SSSR count). The van der Waals surface area contributed by atoms with Gasteiger partial charge in [0.05, 0.1) is 12.2 Å². The van der Waals surface area contributed by atoms with Crippen molar-refractivity contribution < 1.29 is 22.7 Å². The van der Waals surface area contributed by atoms with Crippen molar-refractivity contribution in [3.05, 3.63) is 51.4 Å². The predicted molar refractivity (Wildman–Crippen MR) is 94.2 cm³/mol. The fourth-order valence-corrected chi connectivity index (χ4v) is 2.69. The van der Waals surface area contributed by atoms with Gasteiger partial charge in [-0.3, -0.25) is 14.2 Å². The molecule has 0 aliphatic heterocycles. The zero-order valence-corrected chi connectivity index (χ0v) is 15.4. The highest BCUT2D eigenvalue weighted by Gasteiger charge is 2.33. The highest BCUT2D eigenvalue weighted by atomic mass is 19.4. The van der Waals surface area contributed by atoms with Crippen LogP contribution in [0.3, 0.4) is 0 Å². The van der Waals surface area contributed by atoms with E-state index in [1.54, 1.807) is 6.92 Å². The van der Waals surface area contributed by atoms with E-state index < -0.39 is 23.1 Å². The molecule has 0 fully saturated rings. The molecular formula is C18H20F3N3O3. The zero-order valence-electron chi connectivity index (χ0n) is 15.4. The molecule has 0 bridgehead atoms. The number of hydrogen-bond acceptors (Lipinski definition) is 5. The number of aromatic nitrogens is 2. The van der Waals surface area contributed by atoms with Crippen molar-refractivity contribution in [1.29, 1.82) is 0 Å². The molecule has 0 spiro atoms. The van der Waals surface area contributed by atoms with E-state index in [1.165, 1.54) is 44.1 Å². The summed E-state index contributed by atoms with van der Waals surface area (Å²) in [6, 6.07) is 5.17. The Morgan fingerprint density at radius 1 is 1.30 bits per heavy atom. The van der Waals surface area contributed by atoms with E-state index in [2.05, 4.69) is 4.98 Å². The topological polar surface area (TPSA) is 64.4 Å². The normalized spacial score (nSPS) is 11.4. The Labute approximate surface area is 154 Å². The Hall–Kier alpha value is -2.84. The lowest BCUT2D eigenvalue weighted by molar-refractivity contribution is -0.138. The average Bonchev–Trinajstić information content (AvgIpc) is 2.58. The summed E-state index contributed by atoms with van der Waals surface area (Å²) in [7, 11) is 2.92. The van der Waals surface area contributed by atoms with Gasteiger partial charge in [-0.05, 0) is 18.6 Å². The lowest BCUT2D eigenvalue weighted by Crippen LogP contribution is -2.31. The van der Waals surface area contributed by atoms with Gasteiger partial charge in [0.15, 0.2) is 11.5 Å². The minimum absolute atomic E-state index is 0.0278. The number of ketones is 1. The summed E-state index contributed by atoms with van der Waals surface area (Å²) in [6.07, 6.45) is -4.50. The number of benzene rings is 1. The Morgan fingerprint density at radius 3 is 2.48 bits per heavy atom. The molecule has 2 aromatic rings. The molecule has 146 valence electrons. The number of rotatable bonds is 6. The predicted octanol–water partition coefficient (Wildman–Crippen LogP) is 3.04. The van der Waals surface area contributed by atoms with E-state index in [0.29, 0.717) is 0 Å². The molecule has 0 N–H and O–H groups in total. The largest absolute Gasteiger partial charge is 0.486 e. The molecule has 0 unspecified atom stereocenters. The van der Waals surface area contributed by atoms with Gasteiger partial charge in [-0.1, -0.05) is 18.2 Å². The molecule has 0 amide bonds. The first-order valence-corrected chi connectivity index (χ1v) is 8.18. The molecule has 1 aromatic carbocycles. The molecule has 0 saturated carbocycles. The zero-order chi connectivity index (χ0) is 20.4. The molecule has 0 saturated heterocycles. The second kappa shape index (κ2) is 7.81. The summed E-state index contributed by atoms with van der Waals surface area (Å²) >= 11 is 0. The van der Waals surface area contributed by atoms with E-state index in [0.717, 1.165) is 10.6 Å². The van der Waals surface area contributed by atoms with Crippen LogP contribution in [0.15, 0.2) is 29.1 Å². The maximum absolute atomic E-state index is 13.2. The van der Waals surface area contributed by atoms with Gasteiger partial charge in [0, 0.05) is 27.6 Å². The summed E-state index contributed by atoms with van der Waals surface area (Å²) in [5, 5.41) is 0. The first-order chi connectivity index (χ1) is 12.6. The Balaban J connectivity index is 2.51. The minimum atomic E-state index is -4.50. The van der Waals surface area contributed by atoms with Crippen LogP contribution in [0.1, 0.15) is 35.5 Å². The quantitative estimate of drug-likeness (QED) is 0.718. The van der Waals surface area contributed by atoms with Gasteiger partial charge in [-0.2, -0.15) is 13.2 Å². The van der Waals surface area contributed by atoms with Crippen LogP contribution in [-0.2, 0) is 19.8 Å². The van der Waals surface area contributed by atoms with Gasteiger partial charge in [0.25, 0.3) is 5.56 Å². The van der Waals surface area contributed by atoms with Crippen LogP contribution in [0, 0.1) is 0 Å². The van der Waals surface area contributed by atoms with Crippen molar-refractivity contribution in [1.82, 2.24) is 9.55 Å². The van der Waals surface area contributed by atoms with Crippen LogP contribution in [0.4, 0.5) is 19.1 Å². The summed E-state index contributed by atoms with van der Waals surface area (Å²) in [6.45, 7) is 2.93. The monoisotopic (exact) mass is 383 g/mol. The van der Waals surface area contributed by atoms with Crippen LogP contribution in [0.25, 0.3) is 0 Å². The molecular weight excluding hydrogens is 363 g/mol. The van der Waals surface area contributed by atoms with Crippen LogP contribution in [0.5, 0.6) is 5.75 Å². The van der Waals surface area contributed by atoms with Crippen LogP contribution >= 0.6 is 0 Å². The summed E-state index contributed by atoms with van der Waals surface area (Å²) in [4.78, 5) is 29.9. The van der Waals surface area contributed by atoms with Crippen LogP contribution in [-0.4, -0.2) is 29.0 Å². The first kappa shape index (κ1) is 20.5. The highest BCUT2D eigenvalue weighted by molar-refractivity contribution is 5.95. The van der Waals surface area contributed by atoms with Crippen LogP contribution < -0.4 is 15.2 Å². The minimum Gasteiger partial charge on any atom is -0.486 e. The van der Waals surface area contributed by atoms with E-state index in [9.17, 15) is 22.8 Å². The average molecular weight is 383 g/mol. The number of halogens is 3. The molecule has 0 aliphatic carbocycles. The lowest BCUT2D eigenvalue weighted by atomic mass is 10.1. The third-order valence-corrected chi connectivity index (χ3v) is 3.92. The van der Waals surface area contributed by atoms with E-state index in [4.69, 9.17) is 4.74 Å². The molecule has 0 aliphatic rings. The second-order valence-corrected chi connectivity index (χ2v) is 5.95. The Bertz CT molecular complexity index is 907. The number of carbonyl (C=O) groups is 1. The van der Waals surface area contributed by atoms with Gasteiger partial charge in [0.2, 0.25) is 11.7 Å². The summed E-state index contributed by atoms with van der Waals surface area (Å²) in [5.74, 6) is -0.576. The highest BCUT2D eigenvalue weighted by Crippen LogP contribution is 2.32. The first-order valence-electron chi connectivity index (χ1n) is 8.18. The van der Waals surface area contributed by atoms with Crippen molar-refractivity contribution in [2.24, 2.45) is 7.05 Å². The fourth-order valence-electron chi connectivity index (χ4n) is 2.69. The van der Waals surface area contributed by atoms with Crippen LogP contribution in [0.2, 0.25) is 0 Å². The van der Waals surface area contributed by atoms with Crippen molar-refractivity contribution in [2.45, 2.75) is 26.6 Å². The third-order valence-electron chi connectivity index (χ3n) is 3.92. The molecule has 6 nitrogen and oxygen atoms in total. The Kier molecular flexibility index (Phi) is 5.92. The summed E-state index contributed by atoms with van der Waals surface area (Å²) < 4.78 is 46.0. The van der Waals surface area contributed by atoms with E-state index in [-0.39, 0.29) is 36.1 Å². The van der Waals surface area contributed by atoms with Crippen molar-refractivity contribution in [3.8, 4) is 5.75 Å². The molecule has 0 radical (unpaired) electrons. The number of hydrogen-bond donors (Lipinski definition) is 0. The second-order valence-electron chi connectivity index (χ2n) is 5.95. The molecule has 1 aromatic heterocycles. The van der Waals surface area contributed by atoms with Gasteiger partial charge >= 0.3 is 6.18 Å². The fraction of sp³-hybridized carbons (Fsp3) is 0.389. The number of alkyl halides is 3. The number of anilines is 1. The molecule has 1 heterocycles. The molecule has 27 heavy (non-hydrogen) atoms. The SMILES string of the molecule is CCOc1c(C(C)=O)nc(N(C)Cc2ccccc2C(F)(F)F)n(C)c1=O. The smallest absolute Gasteiger partial charge is 0.416 e. The van der Waals surface area contributed by atoms with Crippen molar-refractivity contribution >= 4 is 11.7 Å². The number of ether oxygens (including phenoxy) is 1. The molecule has 9 heteroatoms. The maximum Gasteiger partial charge on any atom is 0.416 e. The number of nitrogens with zero attached hydrogens (tertiary/aromatic N) is 3. The summed E-state index contributed by atoms with van der Waals surface area (Å²) in [5.41, 5.74) is -1.46. The van der Waals surface area contributed by atoms with E-state index >= 15 is 0 Å². The van der Waals surface area contributed by atoms with Gasteiger partial charge in [0.1, 0.15) is 0 Å². The van der Waals surface area contributed by atoms with E-state index in [1.807, 2.05) is 0 Å². The van der Waals surface area contributed by atoms with Crippen molar-refractivity contribution in [3.63, 3.8) is 0 Å². The van der Waals surface area contributed by atoms with Gasteiger partial charge in [-0.25, -0.2) is 4.98 Å². The number of carbonyl (C=O) groups excluding carboxylic acids is 1. The maximum atomic E-state index is 13.2. The van der Waals surface area contributed by atoms with Crippen molar-refractivity contribution in [2.75, 3.05) is 18.6 Å². The van der Waals surface area contributed by atoms with Gasteiger partial charge < -0.3 is 9.64 Å². The Morgan fingerprint density at radius 2 is 1.93 bits per heavy atom. The number of Topliss-reactive ketones (excluding diaryl/α,β-unsaturated/α-hetero) is 1. The lowest BCUT2D eigenvalue weighted by Gasteiger charge is -2.23. The van der Waals surface area contributed by atoms with Gasteiger partial charge in [-0.15, -0.1) is 0 Å². The third kappa shape index (κ3) is 4.29. The molecule has 0 atom stereocenters.